The molecule has 15 nitrogen and oxygen atoms in total. The fourth-order valence-electron chi connectivity index (χ4n) is 6.44. The minimum Gasteiger partial charge on any atom is -0.497 e. The Morgan fingerprint density at radius 2 is 1.55 bits per heavy atom. The lowest BCUT2D eigenvalue weighted by Crippen LogP contribution is -2.63. The molecule has 5 rings (SSSR count). The highest BCUT2D eigenvalue weighted by atomic mass is 32.2. The van der Waals surface area contributed by atoms with Crippen LogP contribution in [0.15, 0.2) is 59.1 Å². The van der Waals surface area contributed by atoms with E-state index in [1.807, 2.05) is 6.92 Å². The molecule has 3 heterocycles. The standard InChI is InChI=1S/C34H41N3O12S2/c1-19-28-27(20(2)38)31(39)37(28)29(32(40)49-34(42)48-18-22-8-12-25(46-4)13-9-22)30(19)50-26-14-23(15-35-51(5,43)44)36(16-26)33(41)47-17-21-6-10-24(45-3)11-7-21/h6-13,19-20,23,26-28,35,38H,14-18H2,1-5H3/t19-,20-,23+,26+,27-,28-/m1/s1. The van der Waals surface area contributed by atoms with Crippen molar-refractivity contribution in [1.29, 1.82) is 0 Å². The summed E-state index contributed by atoms with van der Waals surface area (Å²) in [6, 6.07) is 12.6. The monoisotopic (exact) mass is 747 g/mol. The van der Waals surface area contributed by atoms with Crippen LogP contribution < -0.4 is 14.2 Å². The van der Waals surface area contributed by atoms with E-state index in [-0.39, 0.29) is 37.3 Å². The number of likely N-dealkylation sites (tertiary alicyclic amines) is 1. The third-order valence-electron chi connectivity index (χ3n) is 9.00. The van der Waals surface area contributed by atoms with Crippen LogP contribution in [0.25, 0.3) is 0 Å². The predicted octanol–water partition coefficient (Wildman–Crippen LogP) is 3.01. The van der Waals surface area contributed by atoms with Crippen LogP contribution in [0.1, 0.15) is 31.4 Å². The smallest absolute Gasteiger partial charge is 0.497 e. The van der Waals surface area contributed by atoms with E-state index >= 15 is 0 Å². The number of hydrogen-bond donors (Lipinski definition) is 2. The zero-order valence-corrected chi connectivity index (χ0v) is 30.4. The Bertz CT molecular complexity index is 1770. The normalized spacial score (nSPS) is 23.3. The van der Waals surface area contributed by atoms with Crippen molar-refractivity contribution in [3.8, 4) is 11.5 Å². The number of benzene rings is 2. The van der Waals surface area contributed by atoms with E-state index in [4.69, 9.17) is 23.7 Å². The number of aliphatic hydroxyl groups is 1. The van der Waals surface area contributed by atoms with Crippen LogP contribution in [0.3, 0.4) is 0 Å². The molecule has 6 atom stereocenters. The average molecular weight is 748 g/mol. The summed E-state index contributed by atoms with van der Waals surface area (Å²) in [5, 5.41) is 10.0. The Morgan fingerprint density at radius 3 is 2.08 bits per heavy atom. The number of hydrogen-bond acceptors (Lipinski definition) is 13. The maximum absolute atomic E-state index is 13.6. The van der Waals surface area contributed by atoms with Gasteiger partial charge in [0.1, 0.15) is 30.4 Å². The van der Waals surface area contributed by atoms with Gasteiger partial charge in [-0.25, -0.2) is 27.5 Å². The summed E-state index contributed by atoms with van der Waals surface area (Å²) < 4.78 is 52.5. The summed E-state index contributed by atoms with van der Waals surface area (Å²) in [5.41, 5.74) is 1.21. The number of β-lactam (4-membered cyclic amide) rings is 1. The number of aliphatic hydroxyl groups excluding tert-OH is 1. The first kappa shape index (κ1) is 37.9. The van der Waals surface area contributed by atoms with Gasteiger partial charge in [0.2, 0.25) is 15.9 Å². The summed E-state index contributed by atoms with van der Waals surface area (Å²) in [6.07, 6.45) is -1.58. The highest BCUT2D eigenvalue weighted by molar-refractivity contribution is 8.03. The molecule has 2 fully saturated rings. The minimum atomic E-state index is -3.59. The Kier molecular flexibility index (Phi) is 11.8. The largest absolute Gasteiger partial charge is 0.516 e. The van der Waals surface area contributed by atoms with Gasteiger partial charge in [-0.05, 0) is 48.7 Å². The molecule has 51 heavy (non-hydrogen) atoms. The molecule has 3 aliphatic rings. The SMILES string of the molecule is COc1ccc(COC(=O)OC(=O)C2=C(S[C@H]3C[C@@H](CNS(C)(=O)=O)N(C(=O)OCc4ccc(OC)cc4)C3)[C@H](C)[C@@H]3[C@@H]([C@@H](C)O)C(=O)N23)cc1. The van der Waals surface area contributed by atoms with Crippen LogP contribution >= 0.6 is 11.8 Å². The number of nitrogens with one attached hydrogen (secondary N) is 1. The molecule has 2 amide bonds. The van der Waals surface area contributed by atoms with Crippen LogP contribution in [-0.2, 0) is 47.0 Å². The van der Waals surface area contributed by atoms with Gasteiger partial charge in [0, 0.05) is 35.2 Å². The first-order valence-corrected chi connectivity index (χ1v) is 18.9. The number of carbonyl (C=O) groups is 4. The van der Waals surface area contributed by atoms with Crippen LogP contribution in [0, 0.1) is 11.8 Å². The van der Waals surface area contributed by atoms with Crippen molar-refractivity contribution in [1.82, 2.24) is 14.5 Å². The lowest BCUT2D eigenvalue weighted by molar-refractivity contribution is -0.163. The van der Waals surface area contributed by atoms with Gasteiger partial charge < -0.3 is 38.6 Å². The molecule has 0 aromatic heterocycles. The zero-order valence-electron chi connectivity index (χ0n) is 28.8. The molecule has 0 unspecified atom stereocenters. The number of amides is 2. The molecule has 276 valence electrons. The highest BCUT2D eigenvalue weighted by Gasteiger charge is 2.61. The second-order valence-electron chi connectivity index (χ2n) is 12.5. The summed E-state index contributed by atoms with van der Waals surface area (Å²) >= 11 is 1.24. The Balaban J connectivity index is 1.32. The van der Waals surface area contributed by atoms with Crippen LogP contribution in [0.5, 0.6) is 11.5 Å². The fourth-order valence-corrected chi connectivity index (χ4v) is 8.49. The van der Waals surface area contributed by atoms with Crippen molar-refractivity contribution >= 4 is 45.9 Å². The van der Waals surface area contributed by atoms with Crippen molar-refractivity contribution < 1.29 is 56.4 Å². The molecule has 17 heteroatoms. The number of sulfonamides is 1. The number of thioether (sulfide) groups is 1. The first-order valence-electron chi connectivity index (χ1n) is 16.2. The van der Waals surface area contributed by atoms with E-state index < -0.39 is 64.2 Å². The number of fused-ring (bicyclic) bond motifs is 1. The summed E-state index contributed by atoms with van der Waals surface area (Å²) in [7, 11) is -0.527. The topological polar surface area (TPSA) is 187 Å². The molecule has 2 aromatic rings. The van der Waals surface area contributed by atoms with Gasteiger partial charge in [0.05, 0.1) is 38.5 Å². The lowest BCUT2D eigenvalue weighted by Gasteiger charge is -2.46. The number of ether oxygens (including phenoxy) is 5. The molecule has 2 N–H and O–H groups in total. The average Bonchev–Trinajstić information content (AvgIpc) is 3.61. The second kappa shape index (κ2) is 15.9. The van der Waals surface area contributed by atoms with Crippen molar-refractivity contribution in [3.05, 3.63) is 70.3 Å². The molecular formula is C34H41N3O12S2. The molecule has 3 aliphatic heterocycles. The van der Waals surface area contributed by atoms with Crippen LogP contribution in [0.2, 0.25) is 0 Å². The molecule has 0 bridgehead atoms. The molecule has 0 radical (unpaired) electrons. The van der Waals surface area contributed by atoms with E-state index in [0.717, 1.165) is 11.8 Å². The molecule has 2 saturated heterocycles. The molecule has 0 aliphatic carbocycles. The number of carbonyl (C=O) groups excluding carboxylic acids is 4. The molecule has 0 saturated carbocycles. The van der Waals surface area contributed by atoms with Gasteiger partial charge in [-0.1, -0.05) is 31.2 Å². The maximum Gasteiger partial charge on any atom is 0.516 e. The van der Waals surface area contributed by atoms with Gasteiger partial charge in [-0.2, -0.15) is 0 Å². The summed E-state index contributed by atoms with van der Waals surface area (Å²) in [6.45, 7) is 3.14. The number of rotatable bonds is 13. The zero-order chi connectivity index (χ0) is 37.0. The van der Waals surface area contributed by atoms with Gasteiger partial charge in [0.25, 0.3) is 0 Å². The van der Waals surface area contributed by atoms with E-state index in [0.29, 0.717) is 28.4 Å². The molecule has 2 aromatic carbocycles. The molecule has 0 spiro atoms. The van der Waals surface area contributed by atoms with Gasteiger partial charge in [-0.3, -0.25) is 4.79 Å². The minimum absolute atomic E-state index is 0.0322. The quantitative estimate of drug-likeness (QED) is 0.173. The lowest BCUT2D eigenvalue weighted by atomic mass is 9.79. The third kappa shape index (κ3) is 8.77. The first-order chi connectivity index (χ1) is 24.2. The van der Waals surface area contributed by atoms with Crippen molar-refractivity contribution in [2.24, 2.45) is 11.8 Å². The van der Waals surface area contributed by atoms with Crippen molar-refractivity contribution in [2.45, 2.75) is 56.9 Å². The Hall–Kier alpha value is -4.32. The van der Waals surface area contributed by atoms with E-state index in [1.165, 1.54) is 35.6 Å². The number of methoxy groups -OCH3 is 2. The van der Waals surface area contributed by atoms with Crippen LogP contribution in [0.4, 0.5) is 9.59 Å². The van der Waals surface area contributed by atoms with Crippen LogP contribution in [-0.4, -0.2) is 104 Å². The Labute approximate surface area is 300 Å². The van der Waals surface area contributed by atoms with Crippen molar-refractivity contribution in [2.75, 3.05) is 33.6 Å². The van der Waals surface area contributed by atoms with E-state index in [9.17, 15) is 32.7 Å². The van der Waals surface area contributed by atoms with Crippen molar-refractivity contribution in [3.63, 3.8) is 0 Å². The van der Waals surface area contributed by atoms with E-state index in [2.05, 4.69) is 4.72 Å². The highest BCUT2D eigenvalue weighted by Crippen LogP contribution is 2.52. The van der Waals surface area contributed by atoms with Gasteiger partial charge >= 0.3 is 18.2 Å². The second-order valence-corrected chi connectivity index (χ2v) is 15.7. The predicted molar refractivity (Wildman–Crippen MR) is 184 cm³/mol. The third-order valence-corrected chi connectivity index (χ3v) is 11.2. The fraction of sp³-hybridized carbons (Fsp3) is 0.471. The number of esters is 1. The molecular weight excluding hydrogens is 707 g/mol. The van der Waals surface area contributed by atoms with Gasteiger partial charge in [-0.15, -0.1) is 11.8 Å². The number of nitrogens with zero attached hydrogens (tertiary/aromatic N) is 2. The van der Waals surface area contributed by atoms with Gasteiger partial charge in [0.15, 0.2) is 0 Å². The Morgan fingerprint density at radius 1 is 0.980 bits per heavy atom. The maximum atomic E-state index is 13.6. The van der Waals surface area contributed by atoms with E-state index in [1.54, 1.807) is 55.6 Å². The summed E-state index contributed by atoms with van der Waals surface area (Å²) in [5.74, 6) is -1.53. The summed E-state index contributed by atoms with van der Waals surface area (Å²) in [4.78, 5) is 55.9.